The summed E-state index contributed by atoms with van der Waals surface area (Å²) in [7, 11) is 0. The second kappa shape index (κ2) is 3.25. The van der Waals surface area contributed by atoms with Gasteiger partial charge in [-0.25, -0.2) is 0 Å². The van der Waals surface area contributed by atoms with Crippen LogP contribution in [0.25, 0.3) is 0 Å². The molecule has 82 valence electrons. The van der Waals surface area contributed by atoms with Gasteiger partial charge in [-0.3, -0.25) is 0 Å². The van der Waals surface area contributed by atoms with Crippen molar-refractivity contribution in [3.63, 3.8) is 0 Å². The topological polar surface area (TPSA) is 0 Å². The number of hydrogen-bond acceptors (Lipinski definition) is 0. The first kappa shape index (κ1) is 10.5. The fraction of sp³-hybridized carbons (Fsp3) is 1.00. The molecule has 4 unspecified atom stereocenters. The molecule has 0 bridgehead atoms. The van der Waals surface area contributed by atoms with Gasteiger partial charge in [0, 0.05) is 0 Å². The van der Waals surface area contributed by atoms with E-state index in [4.69, 9.17) is 0 Å². The fourth-order valence-electron chi connectivity index (χ4n) is 4.74. The highest BCUT2D eigenvalue weighted by Gasteiger charge is 2.64. The minimum atomic E-state index is 0.660. The Labute approximate surface area is 89.5 Å². The molecule has 0 radical (unpaired) electrons. The Morgan fingerprint density at radius 1 is 0.857 bits per heavy atom. The highest BCUT2D eigenvalue weighted by Crippen LogP contribution is 2.71. The van der Waals surface area contributed by atoms with Crippen molar-refractivity contribution in [2.75, 3.05) is 0 Å². The third-order valence-electron chi connectivity index (χ3n) is 6.18. The Morgan fingerprint density at radius 2 is 1.21 bits per heavy atom. The van der Waals surface area contributed by atoms with E-state index in [0.29, 0.717) is 10.8 Å². The van der Waals surface area contributed by atoms with Crippen molar-refractivity contribution in [3.05, 3.63) is 0 Å². The average Bonchev–Trinajstić information content (AvgIpc) is 2.26. The van der Waals surface area contributed by atoms with E-state index in [1.165, 1.54) is 38.5 Å². The van der Waals surface area contributed by atoms with E-state index < -0.39 is 0 Å². The molecular weight excluding hydrogens is 168 g/mol. The highest BCUT2D eigenvalue weighted by atomic mass is 14.7. The molecule has 0 amide bonds. The van der Waals surface area contributed by atoms with Gasteiger partial charge in [0.05, 0.1) is 0 Å². The van der Waals surface area contributed by atoms with E-state index in [-0.39, 0.29) is 0 Å². The van der Waals surface area contributed by atoms with Crippen LogP contribution < -0.4 is 0 Å². The molecule has 0 N–H and O–H groups in total. The van der Waals surface area contributed by atoms with Crippen LogP contribution in [-0.2, 0) is 0 Å². The quantitative estimate of drug-likeness (QED) is 0.601. The Balaban J connectivity index is 2.24. The molecule has 0 aromatic rings. The Bertz CT molecular complexity index is 196. The Kier molecular flexibility index (Phi) is 2.44. The molecule has 0 spiro atoms. The summed E-state index contributed by atoms with van der Waals surface area (Å²) >= 11 is 0. The lowest BCUT2D eigenvalue weighted by Gasteiger charge is -2.69. The molecule has 0 saturated heterocycles. The first-order valence-electron chi connectivity index (χ1n) is 6.60. The van der Waals surface area contributed by atoms with Crippen molar-refractivity contribution >= 4 is 0 Å². The molecule has 14 heavy (non-hydrogen) atoms. The van der Waals surface area contributed by atoms with Gasteiger partial charge in [0.2, 0.25) is 0 Å². The molecule has 2 aliphatic rings. The summed E-state index contributed by atoms with van der Waals surface area (Å²) < 4.78 is 0. The normalized spacial score (nSPS) is 52.3. The molecule has 2 saturated carbocycles. The summed E-state index contributed by atoms with van der Waals surface area (Å²) in [6, 6.07) is 0. The van der Waals surface area contributed by atoms with E-state index in [1.807, 2.05) is 0 Å². The van der Waals surface area contributed by atoms with Crippen LogP contribution in [-0.4, -0.2) is 0 Å². The number of rotatable bonds is 2. The summed E-state index contributed by atoms with van der Waals surface area (Å²) in [5, 5.41) is 0. The van der Waals surface area contributed by atoms with Gasteiger partial charge in [0.25, 0.3) is 0 Å². The zero-order valence-corrected chi connectivity index (χ0v) is 10.4. The maximum absolute atomic E-state index is 2.56. The molecule has 0 aromatic heterocycles. The van der Waals surface area contributed by atoms with Crippen molar-refractivity contribution in [1.29, 1.82) is 0 Å². The largest absolute Gasteiger partial charge is 0.0648 e. The summed E-state index contributed by atoms with van der Waals surface area (Å²) in [4.78, 5) is 0. The van der Waals surface area contributed by atoms with Crippen LogP contribution in [0.4, 0.5) is 0 Å². The molecule has 2 fully saturated rings. The summed E-state index contributed by atoms with van der Waals surface area (Å²) in [5.41, 5.74) is 1.32. The zero-order chi connectivity index (χ0) is 10.4. The maximum atomic E-state index is 2.56. The van der Waals surface area contributed by atoms with E-state index in [2.05, 4.69) is 27.7 Å². The van der Waals surface area contributed by atoms with E-state index in [0.717, 1.165) is 11.8 Å². The minimum absolute atomic E-state index is 0.660. The maximum Gasteiger partial charge on any atom is -0.0241 e. The summed E-state index contributed by atoms with van der Waals surface area (Å²) in [5.74, 6) is 2.12. The van der Waals surface area contributed by atoms with Gasteiger partial charge < -0.3 is 0 Å². The van der Waals surface area contributed by atoms with Crippen LogP contribution in [0.1, 0.15) is 66.2 Å². The van der Waals surface area contributed by atoms with Gasteiger partial charge in [0.15, 0.2) is 0 Å². The SMILES string of the molecule is CCC1(C)C2CCCCC2C1(C)CC. The first-order chi connectivity index (χ1) is 6.60. The molecule has 0 aromatic carbocycles. The second-order valence-corrected chi connectivity index (χ2v) is 6.04. The smallest absolute Gasteiger partial charge is 0.0241 e. The average molecular weight is 194 g/mol. The van der Waals surface area contributed by atoms with Crippen molar-refractivity contribution < 1.29 is 0 Å². The standard InChI is InChI=1S/C14H26/c1-5-13(3)11-9-7-8-10-12(11)14(13,4)6-2/h11-12H,5-10H2,1-4H3. The molecule has 2 aliphatic carbocycles. The van der Waals surface area contributed by atoms with Crippen LogP contribution in [0.15, 0.2) is 0 Å². The molecule has 0 heteroatoms. The predicted molar refractivity (Wildman–Crippen MR) is 62.2 cm³/mol. The minimum Gasteiger partial charge on any atom is -0.0648 e. The summed E-state index contributed by atoms with van der Waals surface area (Å²) in [6.07, 6.45) is 8.80. The van der Waals surface area contributed by atoms with Crippen LogP contribution >= 0.6 is 0 Å². The van der Waals surface area contributed by atoms with Gasteiger partial charge in [0.1, 0.15) is 0 Å². The van der Waals surface area contributed by atoms with Gasteiger partial charge >= 0.3 is 0 Å². The molecular formula is C14H26. The molecule has 0 heterocycles. The molecule has 4 atom stereocenters. The Morgan fingerprint density at radius 3 is 1.50 bits per heavy atom. The number of fused-ring (bicyclic) bond motifs is 1. The van der Waals surface area contributed by atoms with Crippen molar-refractivity contribution in [2.24, 2.45) is 22.7 Å². The van der Waals surface area contributed by atoms with Crippen molar-refractivity contribution in [1.82, 2.24) is 0 Å². The van der Waals surface area contributed by atoms with E-state index in [1.54, 1.807) is 0 Å². The lowest BCUT2D eigenvalue weighted by atomic mass is 9.35. The zero-order valence-electron chi connectivity index (χ0n) is 10.4. The van der Waals surface area contributed by atoms with Crippen LogP contribution in [0.2, 0.25) is 0 Å². The lowest BCUT2D eigenvalue weighted by Crippen LogP contribution is -2.63. The van der Waals surface area contributed by atoms with Gasteiger partial charge in [-0.1, -0.05) is 40.5 Å². The lowest BCUT2D eigenvalue weighted by molar-refractivity contribution is -0.210. The predicted octanol–water partition coefficient (Wildman–Crippen LogP) is 4.64. The molecule has 0 nitrogen and oxygen atoms in total. The number of hydrogen-bond donors (Lipinski definition) is 0. The first-order valence-corrected chi connectivity index (χ1v) is 6.60. The van der Waals surface area contributed by atoms with Crippen molar-refractivity contribution in [2.45, 2.75) is 66.2 Å². The van der Waals surface area contributed by atoms with Crippen LogP contribution in [0, 0.1) is 22.7 Å². The Hall–Kier alpha value is 0. The van der Waals surface area contributed by atoms with Gasteiger partial charge in [-0.2, -0.15) is 0 Å². The highest BCUT2D eigenvalue weighted by molar-refractivity contribution is 5.12. The molecule has 0 aliphatic heterocycles. The monoisotopic (exact) mass is 194 g/mol. The second-order valence-electron chi connectivity index (χ2n) is 6.04. The van der Waals surface area contributed by atoms with Crippen LogP contribution in [0.3, 0.4) is 0 Å². The third kappa shape index (κ3) is 1.01. The van der Waals surface area contributed by atoms with Crippen molar-refractivity contribution in [3.8, 4) is 0 Å². The van der Waals surface area contributed by atoms with E-state index in [9.17, 15) is 0 Å². The summed E-state index contributed by atoms with van der Waals surface area (Å²) in [6.45, 7) is 9.92. The van der Waals surface area contributed by atoms with Gasteiger partial charge in [-0.15, -0.1) is 0 Å². The van der Waals surface area contributed by atoms with Crippen LogP contribution in [0.5, 0.6) is 0 Å². The molecule has 2 rings (SSSR count). The fourth-order valence-corrected chi connectivity index (χ4v) is 4.74. The van der Waals surface area contributed by atoms with E-state index >= 15 is 0 Å². The van der Waals surface area contributed by atoms with Gasteiger partial charge in [-0.05, 0) is 48.3 Å². The third-order valence-corrected chi connectivity index (χ3v) is 6.18.